The fourth-order valence-electron chi connectivity index (χ4n) is 1.72. The number of anilines is 1. The average Bonchev–Trinajstić information content (AvgIpc) is 3.08. The molecular weight excluding hydrogens is 358 g/mol. The molecule has 0 aliphatic heterocycles. The van der Waals surface area contributed by atoms with Crippen LogP contribution >= 0.6 is 15.9 Å². The fraction of sp³-hybridized carbons (Fsp3) is 0.286. The van der Waals surface area contributed by atoms with Crippen LogP contribution in [0.2, 0.25) is 0 Å². The lowest BCUT2D eigenvalue weighted by molar-refractivity contribution is -0.132. The quantitative estimate of drug-likeness (QED) is 0.596. The number of esters is 1. The number of ether oxygens (including phenoxy) is 1. The van der Waals surface area contributed by atoms with Crippen molar-refractivity contribution in [2.75, 3.05) is 10.6 Å². The van der Waals surface area contributed by atoms with Gasteiger partial charge < -0.3 is 18.7 Å². The molecule has 0 radical (unpaired) electrons. The van der Waals surface area contributed by atoms with Gasteiger partial charge in [0.2, 0.25) is 29.1 Å². The van der Waals surface area contributed by atoms with Gasteiger partial charge in [-0.25, -0.2) is 0 Å². The summed E-state index contributed by atoms with van der Waals surface area (Å²) in [6.45, 7) is 1.18. The summed E-state index contributed by atoms with van der Waals surface area (Å²) in [5.74, 6) is -1.57. The number of rotatable bonds is 6. The van der Waals surface area contributed by atoms with Gasteiger partial charge >= 0.3 is 5.97 Å². The maximum absolute atomic E-state index is 11.8. The number of furan rings is 2. The van der Waals surface area contributed by atoms with Crippen molar-refractivity contribution in [3.63, 3.8) is 0 Å². The Hall–Kier alpha value is -2.22. The zero-order valence-electron chi connectivity index (χ0n) is 11.7. The van der Waals surface area contributed by atoms with Crippen molar-refractivity contribution in [3.05, 3.63) is 18.4 Å². The Balaban J connectivity index is 2.32. The number of carbonyl (C=O) groups is 2. The van der Waals surface area contributed by atoms with Gasteiger partial charge in [-0.1, -0.05) is 15.9 Å². The van der Waals surface area contributed by atoms with E-state index < -0.39 is 11.7 Å². The molecule has 7 nitrogen and oxygen atoms in total. The first kappa shape index (κ1) is 16.2. The van der Waals surface area contributed by atoms with E-state index in [9.17, 15) is 14.7 Å². The van der Waals surface area contributed by atoms with Crippen molar-refractivity contribution >= 4 is 33.7 Å². The topological polar surface area (TPSA) is 102 Å². The van der Waals surface area contributed by atoms with Crippen LogP contribution in [-0.4, -0.2) is 22.3 Å². The molecule has 2 aromatic heterocycles. The summed E-state index contributed by atoms with van der Waals surface area (Å²) in [5.41, 5.74) is 0. The lowest BCUT2D eigenvalue weighted by Gasteiger charge is -2.04. The van der Waals surface area contributed by atoms with Crippen molar-refractivity contribution in [1.29, 1.82) is 0 Å². The molecule has 118 valence electrons. The summed E-state index contributed by atoms with van der Waals surface area (Å²) < 4.78 is 15.4. The van der Waals surface area contributed by atoms with E-state index in [4.69, 9.17) is 13.6 Å². The highest BCUT2D eigenvalue weighted by Crippen LogP contribution is 2.46. The molecule has 0 saturated carbocycles. The van der Waals surface area contributed by atoms with Crippen molar-refractivity contribution < 1.29 is 28.3 Å². The van der Waals surface area contributed by atoms with E-state index in [1.165, 1.54) is 13.2 Å². The van der Waals surface area contributed by atoms with E-state index in [1.54, 1.807) is 12.1 Å². The van der Waals surface area contributed by atoms with Crippen LogP contribution in [0.4, 0.5) is 5.88 Å². The molecule has 22 heavy (non-hydrogen) atoms. The molecule has 0 saturated heterocycles. The van der Waals surface area contributed by atoms with Crippen molar-refractivity contribution in [2.45, 2.75) is 19.8 Å². The molecule has 0 aromatic carbocycles. The number of carbonyl (C=O) groups excluding carboxylic acids is 2. The molecule has 2 aromatic rings. The number of aromatic hydroxyl groups is 1. The van der Waals surface area contributed by atoms with E-state index in [2.05, 4.69) is 21.2 Å². The lowest BCUT2D eigenvalue weighted by Crippen LogP contribution is -2.12. The van der Waals surface area contributed by atoms with Crippen LogP contribution in [0.3, 0.4) is 0 Å². The fourth-order valence-corrected chi connectivity index (χ4v) is 2.00. The monoisotopic (exact) mass is 371 g/mol. The SMILES string of the molecule is CC(=O)Oc1c(NC(=O)CCCBr)oc(-c2ccco2)c1O. The molecule has 0 aliphatic rings. The number of alkyl halides is 1. The Kier molecular flexibility index (Phi) is 5.26. The van der Waals surface area contributed by atoms with Crippen LogP contribution in [-0.2, 0) is 9.59 Å². The van der Waals surface area contributed by atoms with E-state index in [0.717, 1.165) is 0 Å². The largest absolute Gasteiger partial charge is 0.501 e. The van der Waals surface area contributed by atoms with Crippen LogP contribution in [0, 0.1) is 0 Å². The van der Waals surface area contributed by atoms with Crippen molar-refractivity contribution in [2.24, 2.45) is 0 Å². The standard InChI is InChI=1S/C14H14BrNO6/c1-8(17)21-13-11(19)12(9-4-3-7-20-9)22-14(13)16-10(18)5-2-6-15/h3-4,7,19H,2,5-6H2,1H3,(H,16,18). The van der Waals surface area contributed by atoms with Gasteiger partial charge in [-0.2, -0.15) is 0 Å². The molecular formula is C14H14BrNO6. The van der Waals surface area contributed by atoms with Crippen molar-refractivity contribution in [3.8, 4) is 23.0 Å². The van der Waals surface area contributed by atoms with Crippen LogP contribution in [0.15, 0.2) is 27.2 Å². The van der Waals surface area contributed by atoms with E-state index in [1.807, 2.05) is 0 Å². The molecule has 2 N–H and O–H groups in total. The summed E-state index contributed by atoms with van der Waals surface area (Å²) in [4.78, 5) is 22.9. The molecule has 2 heterocycles. The molecule has 0 aliphatic carbocycles. The summed E-state index contributed by atoms with van der Waals surface area (Å²) >= 11 is 3.23. The maximum atomic E-state index is 11.8. The first-order valence-electron chi connectivity index (χ1n) is 6.46. The lowest BCUT2D eigenvalue weighted by atomic mass is 10.3. The summed E-state index contributed by atoms with van der Waals surface area (Å²) in [6.07, 6.45) is 2.28. The van der Waals surface area contributed by atoms with Gasteiger partial charge in [0.1, 0.15) is 0 Å². The normalized spacial score (nSPS) is 10.5. The minimum Gasteiger partial charge on any atom is -0.501 e. The van der Waals surface area contributed by atoms with Crippen LogP contribution in [0.5, 0.6) is 11.5 Å². The number of amides is 1. The second kappa shape index (κ2) is 7.17. The molecule has 0 atom stereocenters. The summed E-state index contributed by atoms with van der Waals surface area (Å²) in [7, 11) is 0. The first-order valence-corrected chi connectivity index (χ1v) is 7.59. The number of nitrogens with one attached hydrogen (secondary N) is 1. The van der Waals surface area contributed by atoms with E-state index in [-0.39, 0.29) is 35.5 Å². The zero-order valence-corrected chi connectivity index (χ0v) is 13.3. The third kappa shape index (κ3) is 3.70. The van der Waals surface area contributed by atoms with Gasteiger partial charge in [-0.05, 0) is 18.6 Å². The molecule has 0 bridgehead atoms. The molecule has 1 amide bonds. The Morgan fingerprint density at radius 3 is 2.82 bits per heavy atom. The third-order valence-corrected chi connectivity index (χ3v) is 3.18. The highest BCUT2D eigenvalue weighted by molar-refractivity contribution is 9.09. The molecule has 0 spiro atoms. The Bertz CT molecular complexity index is 661. The predicted octanol–water partition coefficient (Wildman–Crippen LogP) is 3.28. The van der Waals surface area contributed by atoms with Crippen molar-refractivity contribution in [1.82, 2.24) is 0 Å². The average molecular weight is 372 g/mol. The second-order valence-electron chi connectivity index (χ2n) is 4.35. The number of hydrogen-bond donors (Lipinski definition) is 2. The Morgan fingerprint density at radius 1 is 1.45 bits per heavy atom. The molecule has 0 unspecified atom stereocenters. The maximum Gasteiger partial charge on any atom is 0.308 e. The smallest absolute Gasteiger partial charge is 0.308 e. The highest BCUT2D eigenvalue weighted by Gasteiger charge is 2.26. The molecule has 2 rings (SSSR count). The highest BCUT2D eigenvalue weighted by atomic mass is 79.9. The predicted molar refractivity (Wildman–Crippen MR) is 81.0 cm³/mol. The molecule has 0 fully saturated rings. The first-order chi connectivity index (χ1) is 10.5. The van der Waals surface area contributed by atoms with Crippen LogP contribution in [0.25, 0.3) is 11.5 Å². The Labute approximate surface area is 134 Å². The summed E-state index contributed by atoms with van der Waals surface area (Å²) in [6, 6.07) is 3.17. The molecule has 8 heteroatoms. The number of halogens is 1. The van der Waals surface area contributed by atoms with Gasteiger partial charge in [-0.15, -0.1) is 0 Å². The van der Waals surface area contributed by atoms with E-state index in [0.29, 0.717) is 11.8 Å². The van der Waals surface area contributed by atoms with Crippen LogP contribution in [0.1, 0.15) is 19.8 Å². The van der Waals surface area contributed by atoms with Gasteiger partial charge in [-0.3, -0.25) is 14.9 Å². The van der Waals surface area contributed by atoms with Gasteiger partial charge in [0.25, 0.3) is 0 Å². The van der Waals surface area contributed by atoms with Gasteiger partial charge in [0.15, 0.2) is 5.76 Å². The van der Waals surface area contributed by atoms with Crippen LogP contribution < -0.4 is 10.1 Å². The minimum absolute atomic E-state index is 0.0305. The Morgan fingerprint density at radius 2 is 2.23 bits per heavy atom. The number of hydrogen-bond acceptors (Lipinski definition) is 6. The van der Waals surface area contributed by atoms with Gasteiger partial charge in [0.05, 0.1) is 6.26 Å². The second-order valence-corrected chi connectivity index (χ2v) is 5.14. The minimum atomic E-state index is -0.655. The summed E-state index contributed by atoms with van der Waals surface area (Å²) in [5, 5.41) is 13.3. The third-order valence-electron chi connectivity index (χ3n) is 2.62. The van der Waals surface area contributed by atoms with E-state index >= 15 is 0 Å². The zero-order chi connectivity index (χ0) is 16.1. The van der Waals surface area contributed by atoms with Gasteiger partial charge in [0, 0.05) is 18.7 Å².